The molecule has 7 nitrogen and oxygen atoms in total. The molecule has 358 valence electrons. The lowest BCUT2D eigenvalue weighted by Gasteiger charge is -2.42. The van der Waals surface area contributed by atoms with Gasteiger partial charge in [0.2, 0.25) is 0 Å². The van der Waals surface area contributed by atoms with Crippen LogP contribution in [0.3, 0.4) is 0 Å². The van der Waals surface area contributed by atoms with Crippen molar-refractivity contribution in [2.24, 2.45) is 0 Å². The molecule has 0 saturated heterocycles. The summed E-state index contributed by atoms with van der Waals surface area (Å²) in [5.41, 5.74) is 22.6. The summed E-state index contributed by atoms with van der Waals surface area (Å²) in [6, 6.07) is 79.6. The van der Waals surface area contributed by atoms with Gasteiger partial charge in [0.1, 0.15) is 11.2 Å². The van der Waals surface area contributed by atoms with Crippen LogP contribution in [0.25, 0.3) is 42.8 Å². The Morgan fingerprint density at radius 2 is 0.714 bits per heavy atom. The molecule has 0 atom stereocenters. The van der Waals surface area contributed by atoms with Crippen molar-refractivity contribution in [2.45, 2.75) is 0 Å². The maximum atomic E-state index is 7.28. The van der Waals surface area contributed by atoms with Crippen LogP contribution < -0.4 is 51.0 Å². The van der Waals surface area contributed by atoms with Gasteiger partial charge >= 0.3 is 0 Å². The Hall–Kier alpha value is -9.41. The monoisotopic (exact) mass is 1020 g/mol. The van der Waals surface area contributed by atoms with Gasteiger partial charge in [-0.25, -0.2) is 0 Å². The maximum absolute atomic E-state index is 7.28. The van der Waals surface area contributed by atoms with Gasteiger partial charge in [-0.15, -0.1) is 22.7 Å². The SMILES string of the molecule is c1ccc(-c2cc3c(s2)B2c4cc5c(cc4N(c4ccccc4)c4cccc(c42)N3c2cccnc2)oc2cc3c(cc25)B2c4sc(-c5ccccc5)cc4N(c4cccnc4)c4cccc(c42)N3c2ccccc2)cc1. The first-order valence-electron chi connectivity index (χ1n) is 26.0. The van der Waals surface area contributed by atoms with Crippen LogP contribution in [0.5, 0.6) is 0 Å². The Kier molecular flexibility index (Phi) is 9.22. The zero-order valence-electron chi connectivity index (χ0n) is 41.2. The van der Waals surface area contributed by atoms with Crippen molar-refractivity contribution < 1.29 is 4.42 Å². The number of thiophene rings is 2. The molecule has 5 aromatic heterocycles. The molecule has 0 bridgehead atoms. The van der Waals surface area contributed by atoms with Crippen molar-refractivity contribution in [3.8, 4) is 20.9 Å². The molecule has 8 aromatic carbocycles. The van der Waals surface area contributed by atoms with Crippen molar-refractivity contribution in [1.82, 2.24) is 9.97 Å². The van der Waals surface area contributed by atoms with Crippen molar-refractivity contribution in [1.29, 1.82) is 0 Å². The molecule has 0 amide bonds. The van der Waals surface area contributed by atoms with Crippen LogP contribution in [0.1, 0.15) is 0 Å². The van der Waals surface area contributed by atoms with Crippen LogP contribution in [0, 0.1) is 0 Å². The Bertz CT molecular complexity index is 4210. The Labute approximate surface area is 453 Å². The topological polar surface area (TPSA) is 51.9 Å². The third-order valence-electron chi connectivity index (χ3n) is 16.0. The summed E-state index contributed by atoms with van der Waals surface area (Å²) in [7, 11) is 0. The molecule has 0 saturated carbocycles. The lowest BCUT2D eigenvalue weighted by Crippen LogP contribution is -2.60. The van der Waals surface area contributed by atoms with Crippen molar-refractivity contribution in [2.75, 3.05) is 19.6 Å². The van der Waals surface area contributed by atoms with Gasteiger partial charge in [-0.3, -0.25) is 9.97 Å². The number of hydrogen-bond donors (Lipinski definition) is 0. The van der Waals surface area contributed by atoms with Gasteiger partial charge in [0.15, 0.2) is 0 Å². The molecule has 0 aliphatic carbocycles. The summed E-state index contributed by atoms with van der Waals surface area (Å²) in [6.07, 6.45) is 7.69. The maximum Gasteiger partial charge on any atom is 0.264 e. The highest BCUT2D eigenvalue weighted by Gasteiger charge is 2.47. The number of pyridine rings is 2. The number of rotatable bonds is 6. The van der Waals surface area contributed by atoms with Crippen LogP contribution >= 0.6 is 22.7 Å². The smallest absolute Gasteiger partial charge is 0.264 e. The zero-order valence-corrected chi connectivity index (χ0v) is 42.8. The Morgan fingerprint density at radius 1 is 0.338 bits per heavy atom. The molecule has 11 heteroatoms. The van der Waals surface area contributed by atoms with Crippen LogP contribution in [0.4, 0.5) is 68.2 Å². The van der Waals surface area contributed by atoms with E-state index in [-0.39, 0.29) is 13.4 Å². The molecule has 17 rings (SSSR count). The molecule has 0 radical (unpaired) electrons. The number of furan rings is 1. The third-order valence-corrected chi connectivity index (χ3v) is 18.4. The first-order valence-corrected chi connectivity index (χ1v) is 27.6. The van der Waals surface area contributed by atoms with Crippen molar-refractivity contribution in [3.63, 3.8) is 0 Å². The van der Waals surface area contributed by atoms with Gasteiger partial charge in [-0.05, 0) is 118 Å². The zero-order chi connectivity index (χ0) is 50.3. The number of benzene rings is 8. The molecule has 0 fully saturated rings. The van der Waals surface area contributed by atoms with Crippen LogP contribution in [-0.2, 0) is 0 Å². The normalized spacial score (nSPS) is 13.6. The first kappa shape index (κ1) is 42.9. The predicted octanol–water partition coefficient (Wildman–Crippen LogP) is 14.0. The second-order valence-corrected chi connectivity index (χ2v) is 22.3. The van der Waals surface area contributed by atoms with E-state index in [0.29, 0.717) is 0 Å². The predicted molar refractivity (Wildman–Crippen MR) is 324 cm³/mol. The summed E-state index contributed by atoms with van der Waals surface area (Å²) < 4.78 is 9.88. The quantitative estimate of drug-likeness (QED) is 0.154. The summed E-state index contributed by atoms with van der Waals surface area (Å²) in [6.45, 7) is -0.142. The van der Waals surface area contributed by atoms with Crippen molar-refractivity contribution >= 4 is 158 Å². The van der Waals surface area contributed by atoms with Crippen LogP contribution in [0.15, 0.2) is 248 Å². The molecule has 0 unspecified atom stereocenters. The molecule has 0 N–H and O–H groups in total. The minimum absolute atomic E-state index is 0.0709. The van der Waals surface area contributed by atoms with E-state index in [4.69, 9.17) is 4.42 Å². The van der Waals surface area contributed by atoms with E-state index < -0.39 is 0 Å². The Morgan fingerprint density at radius 3 is 1.10 bits per heavy atom. The molecular formula is C66H40B2N6OS2. The van der Waals surface area contributed by atoms with E-state index in [9.17, 15) is 0 Å². The van der Waals surface area contributed by atoms with E-state index in [0.717, 1.165) is 78.8 Å². The molecule has 9 heterocycles. The summed E-state index contributed by atoms with van der Waals surface area (Å²) in [5.74, 6) is 0. The van der Waals surface area contributed by atoms with Gasteiger partial charge in [-0.2, -0.15) is 0 Å². The molecule has 77 heavy (non-hydrogen) atoms. The highest BCUT2D eigenvalue weighted by molar-refractivity contribution is 7.32. The fourth-order valence-corrected chi connectivity index (χ4v) is 15.4. The number of fused-ring (bicyclic) bond motifs is 11. The van der Waals surface area contributed by atoms with E-state index in [1.165, 1.54) is 63.7 Å². The summed E-state index contributed by atoms with van der Waals surface area (Å²) in [4.78, 5) is 21.6. The molecule has 4 aliphatic rings. The molecular weight excluding hydrogens is 979 g/mol. The van der Waals surface area contributed by atoms with Crippen molar-refractivity contribution in [3.05, 3.63) is 243 Å². The fraction of sp³-hybridized carbons (Fsp3) is 0. The van der Waals surface area contributed by atoms with Crippen LogP contribution in [-0.4, -0.2) is 23.4 Å². The first-order chi connectivity index (χ1) is 38.2. The number of nitrogens with zero attached hydrogens (tertiary/aromatic N) is 6. The van der Waals surface area contributed by atoms with E-state index >= 15 is 0 Å². The van der Waals surface area contributed by atoms with E-state index in [1.807, 2.05) is 59.6 Å². The third kappa shape index (κ3) is 6.26. The summed E-state index contributed by atoms with van der Waals surface area (Å²) >= 11 is 3.79. The fourth-order valence-electron chi connectivity index (χ4n) is 12.8. The van der Waals surface area contributed by atoms with Gasteiger partial charge < -0.3 is 24.0 Å². The summed E-state index contributed by atoms with van der Waals surface area (Å²) in [5, 5.41) is 2.20. The van der Waals surface area contributed by atoms with Gasteiger partial charge in [-0.1, -0.05) is 121 Å². The minimum Gasteiger partial charge on any atom is -0.456 e. The van der Waals surface area contributed by atoms with E-state index in [1.54, 1.807) is 0 Å². The highest BCUT2D eigenvalue weighted by atomic mass is 32.1. The number of anilines is 12. The number of aromatic nitrogens is 2. The number of hydrogen-bond acceptors (Lipinski definition) is 9. The largest absolute Gasteiger partial charge is 0.456 e. The highest BCUT2D eigenvalue weighted by Crippen LogP contribution is 2.50. The van der Waals surface area contributed by atoms with Crippen LogP contribution in [0.2, 0.25) is 0 Å². The lowest BCUT2D eigenvalue weighted by atomic mass is 9.36. The Balaban J connectivity index is 0.941. The number of para-hydroxylation sites is 2. The molecule has 4 aliphatic heterocycles. The second-order valence-electron chi connectivity index (χ2n) is 20.1. The van der Waals surface area contributed by atoms with Gasteiger partial charge in [0.25, 0.3) is 13.4 Å². The average Bonchev–Trinajstić information content (AvgIpc) is 4.41. The van der Waals surface area contributed by atoms with Gasteiger partial charge in [0.05, 0.1) is 35.1 Å². The second kappa shape index (κ2) is 16.5. The average molecular weight is 1020 g/mol. The van der Waals surface area contributed by atoms with E-state index in [2.05, 4.69) is 236 Å². The standard InChI is InChI=1S/C66H40B2N6OS2/c1-5-17-41(18-6-1)61-37-57-65(76-61)67-49-33-47-48-34-50-56(36-60(48)75-59(47)35-55(49)71(43-21-9-3-10-22-43)51-27-13-29-53(63(51)67)73(57)45-25-15-31-69-39-45)72(44-23-11-4-12-24-44)52-28-14-30-54-64(52)68(50)66-58(74(54)46-26-16-32-70-40-46)38-62(77-66)42-19-7-2-8-20-42/h1-40H. The molecule has 0 spiro atoms. The minimum atomic E-state index is -0.0709. The van der Waals surface area contributed by atoms with Gasteiger partial charge in [0, 0.05) is 100 Å². The molecule has 13 aromatic rings. The lowest BCUT2D eigenvalue weighted by molar-refractivity contribution is 0.669.